The molecular formula is C34H24F3NO2. The third-order valence-electron chi connectivity index (χ3n) is 6.58. The number of carbonyl (C=O) groups is 1. The summed E-state index contributed by atoms with van der Waals surface area (Å²) in [6, 6.07) is 28.8. The number of nitrogens with zero attached hydrogens (tertiary/aromatic N) is 1. The number of halogens is 3. The van der Waals surface area contributed by atoms with Crippen LogP contribution in [0.3, 0.4) is 0 Å². The number of aliphatic carboxylic acids is 1. The molecule has 3 nitrogen and oxygen atoms in total. The minimum Gasteiger partial charge on any atom is -0.481 e. The van der Waals surface area contributed by atoms with Crippen LogP contribution < -0.4 is 0 Å². The highest BCUT2D eigenvalue weighted by Gasteiger charge is 2.33. The van der Waals surface area contributed by atoms with E-state index in [1.165, 1.54) is 6.07 Å². The van der Waals surface area contributed by atoms with Crippen LogP contribution in [0.2, 0.25) is 0 Å². The van der Waals surface area contributed by atoms with Crippen molar-refractivity contribution in [1.82, 2.24) is 4.98 Å². The lowest BCUT2D eigenvalue weighted by molar-refractivity contribution is -0.137. The van der Waals surface area contributed by atoms with Crippen molar-refractivity contribution in [3.63, 3.8) is 0 Å². The molecule has 0 fully saturated rings. The van der Waals surface area contributed by atoms with Gasteiger partial charge in [-0.2, -0.15) is 13.2 Å². The van der Waals surface area contributed by atoms with Crippen LogP contribution in [-0.2, 0) is 23.8 Å². The largest absolute Gasteiger partial charge is 0.481 e. The average molecular weight is 536 g/mol. The average Bonchev–Trinajstić information content (AvgIpc) is 2.95. The fourth-order valence-corrected chi connectivity index (χ4v) is 4.74. The van der Waals surface area contributed by atoms with Crippen molar-refractivity contribution in [2.75, 3.05) is 0 Å². The molecule has 198 valence electrons. The first-order valence-electron chi connectivity index (χ1n) is 12.7. The number of benzene rings is 4. The number of carboxylic acids is 1. The molecule has 0 aliphatic heterocycles. The fourth-order valence-electron chi connectivity index (χ4n) is 4.74. The van der Waals surface area contributed by atoms with Crippen molar-refractivity contribution < 1.29 is 23.1 Å². The summed E-state index contributed by atoms with van der Waals surface area (Å²) in [6.45, 7) is 0. The van der Waals surface area contributed by atoms with Gasteiger partial charge in [-0.25, -0.2) is 0 Å². The summed E-state index contributed by atoms with van der Waals surface area (Å²) < 4.78 is 41.6. The molecule has 0 spiro atoms. The zero-order chi connectivity index (χ0) is 28.1. The van der Waals surface area contributed by atoms with Gasteiger partial charge in [0.25, 0.3) is 0 Å². The van der Waals surface area contributed by atoms with E-state index >= 15 is 0 Å². The minimum absolute atomic E-state index is 0.0418. The van der Waals surface area contributed by atoms with Crippen LogP contribution in [0, 0.1) is 11.8 Å². The van der Waals surface area contributed by atoms with E-state index in [-0.39, 0.29) is 11.9 Å². The molecule has 1 heterocycles. The van der Waals surface area contributed by atoms with Crippen LogP contribution >= 0.6 is 0 Å². The van der Waals surface area contributed by atoms with Crippen molar-refractivity contribution in [2.24, 2.45) is 0 Å². The molecule has 5 aromatic rings. The second-order valence-corrected chi connectivity index (χ2v) is 9.45. The molecule has 1 aromatic heterocycles. The summed E-state index contributed by atoms with van der Waals surface area (Å²) in [7, 11) is 0. The van der Waals surface area contributed by atoms with Crippen LogP contribution in [0.4, 0.5) is 13.2 Å². The maximum absolute atomic E-state index is 13.9. The van der Waals surface area contributed by atoms with Crippen molar-refractivity contribution >= 4 is 16.9 Å². The molecule has 0 amide bonds. The van der Waals surface area contributed by atoms with Gasteiger partial charge >= 0.3 is 12.1 Å². The van der Waals surface area contributed by atoms with Gasteiger partial charge in [-0.05, 0) is 71.0 Å². The molecule has 0 atom stereocenters. The van der Waals surface area contributed by atoms with E-state index in [1.54, 1.807) is 12.3 Å². The molecule has 6 heteroatoms. The van der Waals surface area contributed by atoms with Crippen LogP contribution in [0.25, 0.3) is 22.0 Å². The summed E-state index contributed by atoms with van der Waals surface area (Å²) >= 11 is 0. The van der Waals surface area contributed by atoms with Crippen LogP contribution in [0.15, 0.2) is 103 Å². The number of hydrogen-bond acceptors (Lipinski definition) is 2. The van der Waals surface area contributed by atoms with E-state index in [2.05, 4.69) is 16.8 Å². The Morgan fingerprint density at radius 3 is 2.20 bits per heavy atom. The molecule has 0 radical (unpaired) electrons. The van der Waals surface area contributed by atoms with Gasteiger partial charge in [-0.1, -0.05) is 78.6 Å². The molecule has 4 aromatic carbocycles. The van der Waals surface area contributed by atoms with Crippen LogP contribution in [0.5, 0.6) is 0 Å². The zero-order valence-electron chi connectivity index (χ0n) is 21.4. The topological polar surface area (TPSA) is 50.2 Å². The van der Waals surface area contributed by atoms with Crippen LogP contribution in [0.1, 0.15) is 39.8 Å². The molecular weight excluding hydrogens is 511 g/mol. The van der Waals surface area contributed by atoms with Gasteiger partial charge in [0, 0.05) is 29.1 Å². The van der Waals surface area contributed by atoms with Gasteiger partial charge in [-0.15, -0.1) is 0 Å². The highest BCUT2D eigenvalue weighted by molar-refractivity contribution is 5.98. The van der Waals surface area contributed by atoms with E-state index in [0.717, 1.165) is 33.9 Å². The first-order valence-corrected chi connectivity index (χ1v) is 12.7. The van der Waals surface area contributed by atoms with E-state index < -0.39 is 17.7 Å². The Morgan fingerprint density at radius 1 is 0.800 bits per heavy atom. The number of fused-ring (bicyclic) bond motifs is 1. The second-order valence-electron chi connectivity index (χ2n) is 9.45. The third-order valence-corrected chi connectivity index (χ3v) is 6.58. The second kappa shape index (κ2) is 11.5. The summed E-state index contributed by atoms with van der Waals surface area (Å²) in [4.78, 5) is 15.2. The standard InChI is InChI=1S/C34H24F3NO2/c35-34(36,37)30-14-6-13-29-32(28(22-38-33(29)30)21-23-7-2-1-3-8-23)27-12-5-11-26(20-27)16-15-24-9-4-10-25(19-24)17-18-31(39)40/h1-14,19-20,22H,17-18,21H2,(H,39,40). The smallest absolute Gasteiger partial charge is 0.418 e. The van der Waals surface area contributed by atoms with Gasteiger partial charge in [-0.3, -0.25) is 9.78 Å². The Kier molecular flexibility index (Phi) is 7.65. The Balaban J connectivity index is 1.59. The van der Waals surface area contributed by atoms with E-state index in [4.69, 9.17) is 5.11 Å². The molecule has 1 N–H and O–H groups in total. The first-order chi connectivity index (χ1) is 19.3. The maximum atomic E-state index is 13.9. The van der Waals surface area contributed by atoms with Crippen molar-refractivity contribution in [3.05, 3.63) is 137 Å². The SMILES string of the molecule is O=C(O)CCc1cccc(C#Cc2cccc(-c3c(Cc4ccccc4)cnc4c(C(F)(F)F)cccc34)c2)c1. The Labute approximate surface area is 230 Å². The number of hydrogen-bond donors (Lipinski definition) is 1. The van der Waals surface area contributed by atoms with Gasteiger partial charge in [0.05, 0.1) is 11.1 Å². The quantitative estimate of drug-likeness (QED) is 0.225. The van der Waals surface area contributed by atoms with Gasteiger partial charge in [0.2, 0.25) is 0 Å². The number of alkyl halides is 3. The zero-order valence-corrected chi connectivity index (χ0v) is 21.4. The minimum atomic E-state index is -4.53. The van der Waals surface area contributed by atoms with Gasteiger partial charge in [0.15, 0.2) is 0 Å². The molecule has 0 aliphatic rings. The summed E-state index contributed by atoms with van der Waals surface area (Å²) in [5.41, 5.74) is 4.77. The predicted octanol–water partition coefficient (Wildman–Crippen LogP) is 7.93. The Bertz CT molecular complexity index is 1750. The van der Waals surface area contributed by atoms with Crippen LogP contribution in [-0.4, -0.2) is 16.1 Å². The summed E-state index contributed by atoms with van der Waals surface area (Å²) in [6.07, 6.45) is -2.02. The lowest BCUT2D eigenvalue weighted by Crippen LogP contribution is -2.07. The molecule has 0 aliphatic carbocycles. The lowest BCUT2D eigenvalue weighted by Gasteiger charge is -2.16. The number of carboxylic acid groups (broad SMARTS) is 1. The number of aryl methyl sites for hydroxylation is 1. The number of aromatic nitrogens is 1. The summed E-state index contributed by atoms with van der Waals surface area (Å²) in [5, 5.41) is 9.38. The third kappa shape index (κ3) is 6.22. The first kappa shape index (κ1) is 26.7. The Morgan fingerprint density at radius 2 is 1.48 bits per heavy atom. The van der Waals surface area contributed by atoms with Crippen molar-refractivity contribution in [3.8, 4) is 23.0 Å². The van der Waals surface area contributed by atoms with Gasteiger partial charge < -0.3 is 5.11 Å². The lowest BCUT2D eigenvalue weighted by atomic mass is 9.91. The monoisotopic (exact) mass is 535 g/mol. The van der Waals surface area contributed by atoms with E-state index in [1.807, 2.05) is 78.9 Å². The molecule has 0 unspecified atom stereocenters. The Hall–Kier alpha value is -4.89. The number of pyridine rings is 1. The summed E-state index contributed by atoms with van der Waals surface area (Å²) in [5.74, 6) is 5.43. The van der Waals surface area contributed by atoms with Crippen molar-refractivity contribution in [1.29, 1.82) is 0 Å². The van der Waals surface area contributed by atoms with E-state index in [9.17, 15) is 18.0 Å². The molecule has 0 saturated carbocycles. The highest BCUT2D eigenvalue weighted by Crippen LogP contribution is 2.39. The van der Waals surface area contributed by atoms with Crippen molar-refractivity contribution in [2.45, 2.75) is 25.4 Å². The number of para-hydroxylation sites is 1. The molecule has 0 saturated heterocycles. The predicted molar refractivity (Wildman–Crippen MR) is 150 cm³/mol. The molecule has 40 heavy (non-hydrogen) atoms. The fraction of sp³-hybridized carbons (Fsp3) is 0.118. The molecule has 0 bridgehead atoms. The van der Waals surface area contributed by atoms with Gasteiger partial charge in [0.1, 0.15) is 0 Å². The number of rotatable bonds is 6. The molecule has 5 rings (SSSR count). The highest BCUT2D eigenvalue weighted by atomic mass is 19.4. The maximum Gasteiger partial charge on any atom is 0.418 e. The van der Waals surface area contributed by atoms with E-state index in [0.29, 0.717) is 29.4 Å². The normalized spacial score (nSPS) is 11.2.